The van der Waals surface area contributed by atoms with Gasteiger partial charge < -0.3 is 10.6 Å². The van der Waals surface area contributed by atoms with Crippen molar-refractivity contribution in [3.8, 4) is 0 Å². The lowest BCUT2D eigenvalue weighted by atomic mass is 10.1. The van der Waals surface area contributed by atoms with E-state index in [4.69, 9.17) is 11.6 Å². The summed E-state index contributed by atoms with van der Waals surface area (Å²) in [4.78, 5) is 22.8. The number of nitrogens with one attached hydrogen (secondary N) is 2. The first-order valence-electron chi connectivity index (χ1n) is 5.81. The minimum atomic E-state index is -0.137. The lowest BCUT2D eigenvalue weighted by Crippen LogP contribution is -2.34. The van der Waals surface area contributed by atoms with Crippen molar-refractivity contribution in [2.45, 2.75) is 13.3 Å². The lowest BCUT2D eigenvalue weighted by molar-refractivity contribution is -0.120. The lowest BCUT2D eigenvalue weighted by Gasteiger charge is -2.06. The summed E-state index contributed by atoms with van der Waals surface area (Å²) in [6.07, 6.45) is 0.299. The predicted octanol–water partition coefficient (Wildman–Crippen LogP) is 1.47. The van der Waals surface area contributed by atoms with Crippen LogP contribution in [0.4, 0.5) is 0 Å². The van der Waals surface area contributed by atoms with Gasteiger partial charge in [-0.2, -0.15) is 0 Å². The van der Waals surface area contributed by atoms with E-state index in [1.54, 1.807) is 12.1 Å². The maximum atomic E-state index is 11.7. The second kappa shape index (κ2) is 7.71. The highest BCUT2D eigenvalue weighted by Gasteiger charge is 2.04. The van der Waals surface area contributed by atoms with Crippen LogP contribution in [0.2, 0.25) is 0 Å². The Hall–Kier alpha value is -1.55. The molecule has 0 unspecified atom stereocenters. The van der Waals surface area contributed by atoms with E-state index >= 15 is 0 Å². The van der Waals surface area contributed by atoms with E-state index in [2.05, 4.69) is 10.6 Å². The Kier molecular flexibility index (Phi) is 6.22. The van der Waals surface area contributed by atoms with Crippen molar-refractivity contribution in [2.24, 2.45) is 0 Å². The second-order valence-electron chi connectivity index (χ2n) is 3.91. The van der Waals surface area contributed by atoms with Crippen molar-refractivity contribution in [3.05, 3.63) is 35.4 Å². The number of aryl methyl sites for hydroxylation is 1. The molecule has 1 aromatic rings. The molecule has 0 fully saturated rings. The zero-order valence-electron chi connectivity index (χ0n) is 10.3. The van der Waals surface area contributed by atoms with Crippen molar-refractivity contribution >= 4 is 23.4 Å². The zero-order valence-corrected chi connectivity index (χ0v) is 11.1. The van der Waals surface area contributed by atoms with Crippen LogP contribution in [-0.4, -0.2) is 30.8 Å². The molecule has 1 aromatic carbocycles. The third-order valence-corrected chi connectivity index (χ3v) is 2.56. The number of halogens is 1. The van der Waals surface area contributed by atoms with Gasteiger partial charge in [0.05, 0.1) is 0 Å². The number of amides is 2. The molecule has 0 radical (unpaired) electrons. The van der Waals surface area contributed by atoms with E-state index in [0.29, 0.717) is 31.0 Å². The third kappa shape index (κ3) is 5.19. The van der Waals surface area contributed by atoms with Gasteiger partial charge >= 0.3 is 0 Å². The predicted molar refractivity (Wildman–Crippen MR) is 71.9 cm³/mol. The van der Waals surface area contributed by atoms with Crippen LogP contribution >= 0.6 is 11.6 Å². The molecule has 2 amide bonds. The van der Waals surface area contributed by atoms with Crippen LogP contribution in [0.25, 0.3) is 0 Å². The number of carbonyl (C=O) groups is 2. The monoisotopic (exact) mass is 268 g/mol. The summed E-state index contributed by atoms with van der Waals surface area (Å²) in [6.45, 7) is 2.78. The molecule has 4 nitrogen and oxygen atoms in total. The van der Waals surface area contributed by atoms with Crippen molar-refractivity contribution in [3.63, 3.8) is 0 Å². The Labute approximate surface area is 112 Å². The largest absolute Gasteiger partial charge is 0.354 e. The molecule has 0 bridgehead atoms. The van der Waals surface area contributed by atoms with Crippen LogP contribution in [0.5, 0.6) is 0 Å². The van der Waals surface area contributed by atoms with E-state index in [9.17, 15) is 9.59 Å². The van der Waals surface area contributed by atoms with Gasteiger partial charge in [-0.3, -0.25) is 9.59 Å². The molecule has 0 aliphatic heterocycles. The Morgan fingerprint density at radius 2 is 1.72 bits per heavy atom. The molecular formula is C13H17ClN2O2. The molecule has 5 heteroatoms. The fourth-order valence-electron chi connectivity index (χ4n) is 1.36. The topological polar surface area (TPSA) is 58.2 Å². The fourth-order valence-corrected chi connectivity index (χ4v) is 1.53. The molecule has 0 aliphatic rings. The van der Waals surface area contributed by atoms with Gasteiger partial charge in [-0.05, 0) is 19.1 Å². The van der Waals surface area contributed by atoms with Gasteiger partial charge in [0.1, 0.15) is 0 Å². The number of benzene rings is 1. The molecular weight excluding hydrogens is 252 g/mol. The number of hydrogen-bond donors (Lipinski definition) is 2. The molecule has 1 rings (SSSR count). The van der Waals surface area contributed by atoms with Gasteiger partial charge in [-0.15, -0.1) is 11.6 Å². The molecule has 0 aromatic heterocycles. The van der Waals surface area contributed by atoms with Crippen LogP contribution in [0.15, 0.2) is 24.3 Å². The molecule has 0 spiro atoms. The maximum Gasteiger partial charge on any atom is 0.251 e. The van der Waals surface area contributed by atoms with Crippen molar-refractivity contribution < 1.29 is 9.59 Å². The minimum absolute atomic E-state index is 0.102. The summed E-state index contributed by atoms with van der Waals surface area (Å²) >= 11 is 5.42. The van der Waals surface area contributed by atoms with Crippen molar-refractivity contribution in [1.82, 2.24) is 10.6 Å². The van der Waals surface area contributed by atoms with Crippen LogP contribution in [0, 0.1) is 6.92 Å². The van der Waals surface area contributed by atoms with Crippen LogP contribution < -0.4 is 10.6 Å². The first-order chi connectivity index (χ1) is 8.63. The molecule has 0 saturated heterocycles. The van der Waals surface area contributed by atoms with E-state index < -0.39 is 0 Å². The molecule has 0 heterocycles. The molecule has 0 aliphatic carbocycles. The molecule has 0 atom stereocenters. The quantitative estimate of drug-likeness (QED) is 0.606. The average Bonchev–Trinajstić information content (AvgIpc) is 2.35. The van der Waals surface area contributed by atoms with E-state index in [1.807, 2.05) is 19.1 Å². The zero-order chi connectivity index (χ0) is 13.4. The molecule has 98 valence electrons. The van der Waals surface area contributed by atoms with Gasteiger partial charge in [0.2, 0.25) is 5.91 Å². The summed E-state index contributed by atoms with van der Waals surface area (Å²) in [5.74, 6) is 0.0675. The molecule has 18 heavy (non-hydrogen) atoms. The number of alkyl halides is 1. The Bertz CT molecular complexity index is 404. The fraction of sp³-hybridized carbons (Fsp3) is 0.385. The SMILES string of the molecule is Cc1ccc(C(=O)NCCNC(=O)CCCl)cc1. The average molecular weight is 269 g/mol. The van der Waals surface area contributed by atoms with E-state index in [-0.39, 0.29) is 11.8 Å². The Morgan fingerprint density at radius 1 is 1.11 bits per heavy atom. The summed E-state index contributed by atoms with van der Waals surface area (Å²) in [5.41, 5.74) is 1.73. The van der Waals surface area contributed by atoms with Crippen molar-refractivity contribution in [1.29, 1.82) is 0 Å². The standard InChI is InChI=1S/C13H17ClN2O2/c1-10-2-4-11(5-3-10)13(18)16-9-8-15-12(17)6-7-14/h2-5H,6-9H2,1H3,(H,15,17)(H,16,18). The smallest absolute Gasteiger partial charge is 0.251 e. The number of hydrogen-bond acceptors (Lipinski definition) is 2. The number of rotatable bonds is 6. The van der Waals surface area contributed by atoms with E-state index in [0.717, 1.165) is 5.56 Å². The Morgan fingerprint density at radius 3 is 2.33 bits per heavy atom. The minimum Gasteiger partial charge on any atom is -0.354 e. The first kappa shape index (κ1) is 14.5. The molecule has 0 saturated carbocycles. The van der Waals surface area contributed by atoms with Gasteiger partial charge in [0, 0.05) is 31.0 Å². The Balaban J connectivity index is 2.25. The van der Waals surface area contributed by atoms with Crippen LogP contribution in [0.1, 0.15) is 22.3 Å². The van der Waals surface area contributed by atoms with Crippen LogP contribution in [0.3, 0.4) is 0 Å². The maximum absolute atomic E-state index is 11.7. The number of carbonyl (C=O) groups excluding carboxylic acids is 2. The second-order valence-corrected chi connectivity index (χ2v) is 4.29. The first-order valence-corrected chi connectivity index (χ1v) is 6.34. The highest BCUT2D eigenvalue weighted by atomic mass is 35.5. The highest BCUT2D eigenvalue weighted by Crippen LogP contribution is 2.02. The van der Waals surface area contributed by atoms with Gasteiger partial charge in [-0.1, -0.05) is 17.7 Å². The van der Waals surface area contributed by atoms with Crippen LogP contribution in [-0.2, 0) is 4.79 Å². The molecule has 2 N–H and O–H groups in total. The van der Waals surface area contributed by atoms with Gasteiger partial charge in [0.15, 0.2) is 0 Å². The van der Waals surface area contributed by atoms with Gasteiger partial charge in [-0.25, -0.2) is 0 Å². The van der Waals surface area contributed by atoms with Gasteiger partial charge in [0.25, 0.3) is 5.91 Å². The summed E-state index contributed by atoms with van der Waals surface area (Å²) in [7, 11) is 0. The normalized spacial score (nSPS) is 9.89. The summed E-state index contributed by atoms with van der Waals surface area (Å²) in [6, 6.07) is 7.32. The summed E-state index contributed by atoms with van der Waals surface area (Å²) in [5, 5.41) is 5.39. The van der Waals surface area contributed by atoms with Crippen molar-refractivity contribution in [2.75, 3.05) is 19.0 Å². The summed E-state index contributed by atoms with van der Waals surface area (Å²) < 4.78 is 0. The van der Waals surface area contributed by atoms with E-state index in [1.165, 1.54) is 0 Å². The highest BCUT2D eigenvalue weighted by molar-refractivity contribution is 6.18. The third-order valence-electron chi connectivity index (χ3n) is 2.37.